The molecular weight excluding hydrogens is 230 g/mol. The largest absolute Gasteiger partial charge is 0.304 e. The van der Waals surface area contributed by atoms with Gasteiger partial charge in [-0.05, 0) is 37.0 Å². The lowest BCUT2D eigenvalue weighted by atomic mass is 10.1. The average molecular weight is 245 g/mol. The van der Waals surface area contributed by atoms with Gasteiger partial charge in [-0.1, -0.05) is 30.3 Å². The summed E-state index contributed by atoms with van der Waals surface area (Å²) in [5, 5.41) is 7.25. The number of aromatic amines is 1. The first-order valence-corrected chi connectivity index (χ1v) is 6.44. The SMILES string of the molecule is S=c1[nH]nc(C2CC2)n1CCc1ccccc1. The van der Waals surface area contributed by atoms with E-state index in [0.29, 0.717) is 5.92 Å². The van der Waals surface area contributed by atoms with E-state index in [1.165, 1.54) is 18.4 Å². The summed E-state index contributed by atoms with van der Waals surface area (Å²) in [6.45, 7) is 0.922. The lowest BCUT2D eigenvalue weighted by molar-refractivity contribution is 0.645. The van der Waals surface area contributed by atoms with Crippen molar-refractivity contribution in [3.8, 4) is 0 Å². The molecule has 0 spiro atoms. The highest BCUT2D eigenvalue weighted by Crippen LogP contribution is 2.38. The number of hydrogen-bond donors (Lipinski definition) is 1. The standard InChI is InChI=1S/C13H15N3S/c17-13-15-14-12(11-6-7-11)16(13)9-8-10-4-2-1-3-5-10/h1-5,11H,6-9H2,(H,15,17). The summed E-state index contributed by atoms with van der Waals surface area (Å²) in [5.74, 6) is 1.78. The van der Waals surface area contributed by atoms with Crippen LogP contribution in [0.25, 0.3) is 0 Å². The van der Waals surface area contributed by atoms with Crippen molar-refractivity contribution in [2.75, 3.05) is 0 Å². The fourth-order valence-corrected chi connectivity index (χ4v) is 2.32. The number of H-pyrrole nitrogens is 1. The fourth-order valence-electron chi connectivity index (χ4n) is 2.08. The van der Waals surface area contributed by atoms with Gasteiger partial charge in [0.1, 0.15) is 5.82 Å². The molecule has 1 aromatic heterocycles. The molecule has 1 N–H and O–H groups in total. The van der Waals surface area contributed by atoms with Gasteiger partial charge in [-0.3, -0.25) is 5.10 Å². The molecule has 2 aromatic rings. The molecule has 1 heterocycles. The van der Waals surface area contributed by atoms with Crippen molar-refractivity contribution >= 4 is 12.2 Å². The predicted molar refractivity (Wildman–Crippen MR) is 69.5 cm³/mol. The first-order valence-electron chi connectivity index (χ1n) is 6.03. The smallest absolute Gasteiger partial charge is 0.195 e. The molecule has 3 nitrogen and oxygen atoms in total. The average Bonchev–Trinajstić information content (AvgIpc) is 3.13. The zero-order valence-electron chi connectivity index (χ0n) is 9.60. The van der Waals surface area contributed by atoms with E-state index in [-0.39, 0.29) is 0 Å². The lowest BCUT2D eigenvalue weighted by Crippen LogP contribution is -2.05. The molecule has 0 saturated heterocycles. The van der Waals surface area contributed by atoms with Crippen molar-refractivity contribution < 1.29 is 0 Å². The Morgan fingerprint density at radius 2 is 2.06 bits per heavy atom. The van der Waals surface area contributed by atoms with Crippen LogP contribution < -0.4 is 0 Å². The van der Waals surface area contributed by atoms with Crippen LogP contribution >= 0.6 is 12.2 Å². The van der Waals surface area contributed by atoms with Crippen LogP contribution in [-0.2, 0) is 13.0 Å². The summed E-state index contributed by atoms with van der Waals surface area (Å²) < 4.78 is 2.91. The first-order chi connectivity index (χ1) is 8.34. The van der Waals surface area contributed by atoms with Gasteiger partial charge in [0.2, 0.25) is 0 Å². The second-order valence-corrected chi connectivity index (χ2v) is 4.94. The molecule has 1 aliphatic rings. The number of benzene rings is 1. The third kappa shape index (κ3) is 2.31. The van der Waals surface area contributed by atoms with Crippen LogP contribution in [0.2, 0.25) is 0 Å². The van der Waals surface area contributed by atoms with E-state index in [1.54, 1.807) is 0 Å². The van der Waals surface area contributed by atoms with Crippen molar-refractivity contribution in [3.05, 3.63) is 46.5 Å². The molecule has 0 aliphatic heterocycles. The Balaban J connectivity index is 1.77. The highest BCUT2D eigenvalue weighted by Gasteiger charge is 2.28. The zero-order valence-corrected chi connectivity index (χ0v) is 10.4. The summed E-state index contributed by atoms with van der Waals surface area (Å²) in [7, 11) is 0. The van der Waals surface area contributed by atoms with Gasteiger partial charge in [-0.25, -0.2) is 0 Å². The minimum atomic E-state index is 0.638. The predicted octanol–water partition coefficient (Wildman–Crippen LogP) is 3.06. The number of rotatable bonds is 4. The van der Waals surface area contributed by atoms with Crippen LogP contribution in [0, 0.1) is 4.77 Å². The summed E-state index contributed by atoms with van der Waals surface area (Å²) in [6.07, 6.45) is 3.52. The molecule has 0 atom stereocenters. The molecule has 3 rings (SSSR count). The van der Waals surface area contributed by atoms with Crippen molar-refractivity contribution in [1.29, 1.82) is 0 Å². The lowest BCUT2D eigenvalue weighted by Gasteiger charge is -2.05. The maximum absolute atomic E-state index is 5.28. The van der Waals surface area contributed by atoms with E-state index in [4.69, 9.17) is 12.2 Å². The first kappa shape index (κ1) is 10.7. The van der Waals surface area contributed by atoms with Gasteiger partial charge in [0.25, 0.3) is 0 Å². The number of aryl methyl sites for hydroxylation is 1. The van der Waals surface area contributed by atoms with E-state index in [9.17, 15) is 0 Å². The Hall–Kier alpha value is -1.42. The van der Waals surface area contributed by atoms with Crippen LogP contribution in [0.3, 0.4) is 0 Å². The number of hydrogen-bond acceptors (Lipinski definition) is 2. The Kier molecular flexibility index (Phi) is 2.81. The molecule has 1 saturated carbocycles. The Morgan fingerprint density at radius 1 is 1.29 bits per heavy atom. The second-order valence-electron chi connectivity index (χ2n) is 4.55. The van der Waals surface area contributed by atoms with Gasteiger partial charge >= 0.3 is 0 Å². The molecule has 1 aromatic carbocycles. The molecule has 88 valence electrons. The maximum atomic E-state index is 5.28. The van der Waals surface area contributed by atoms with Gasteiger partial charge in [0, 0.05) is 12.5 Å². The monoisotopic (exact) mass is 245 g/mol. The van der Waals surface area contributed by atoms with E-state index >= 15 is 0 Å². The van der Waals surface area contributed by atoms with Crippen LogP contribution in [0.15, 0.2) is 30.3 Å². The van der Waals surface area contributed by atoms with Crippen LogP contribution in [-0.4, -0.2) is 14.8 Å². The van der Waals surface area contributed by atoms with E-state index in [0.717, 1.165) is 23.6 Å². The summed E-state index contributed by atoms with van der Waals surface area (Å²) in [4.78, 5) is 0. The zero-order chi connectivity index (χ0) is 11.7. The van der Waals surface area contributed by atoms with Gasteiger partial charge in [0.05, 0.1) is 0 Å². The van der Waals surface area contributed by atoms with Crippen molar-refractivity contribution in [2.24, 2.45) is 0 Å². The van der Waals surface area contributed by atoms with Crippen molar-refractivity contribution in [3.63, 3.8) is 0 Å². The van der Waals surface area contributed by atoms with Crippen LogP contribution in [0.1, 0.15) is 30.1 Å². The topological polar surface area (TPSA) is 33.6 Å². The molecule has 0 unspecified atom stereocenters. The third-order valence-electron chi connectivity index (χ3n) is 3.20. The summed E-state index contributed by atoms with van der Waals surface area (Å²) in [6, 6.07) is 10.5. The molecule has 1 fully saturated rings. The normalized spacial score (nSPS) is 15.1. The Morgan fingerprint density at radius 3 is 2.76 bits per heavy atom. The van der Waals surface area contributed by atoms with Crippen LogP contribution in [0.5, 0.6) is 0 Å². The van der Waals surface area contributed by atoms with Crippen LogP contribution in [0.4, 0.5) is 0 Å². The molecule has 1 aliphatic carbocycles. The van der Waals surface area contributed by atoms with Gasteiger partial charge in [-0.2, -0.15) is 5.10 Å². The molecule has 0 radical (unpaired) electrons. The van der Waals surface area contributed by atoms with Crippen molar-refractivity contribution in [1.82, 2.24) is 14.8 Å². The Bertz CT molecular complexity index is 552. The highest BCUT2D eigenvalue weighted by molar-refractivity contribution is 7.71. The van der Waals surface area contributed by atoms with Gasteiger partial charge in [0.15, 0.2) is 4.77 Å². The van der Waals surface area contributed by atoms with Gasteiger partial charge < -0.3 is 4.57 Å². The van der Waals surface area contributed by atoms with Gasteiger partial charge in [-0.15, -0.1) is 0 Å². The minimum absolute atomic E-state index is 0.638. The minimum Gasteiger partial charge on any atom is -0.304 e. The van der Waals surface area contributed by atoms with Crippen molar-refractivity contribution in [2.45, 2.75) is 31.7 Å². The Labute approximate surface area is 105 Å². The quantitative estimate of drug-likeness (QED) is 0.840. The molecule has 4 heteroatoms. The van der Waals surface area contributed by atoms with E-state index < -0.39 is 0 Å². The number of nitrogens with zero attached hydrogens (tertiary/aromatic N) is 2. The maximum Gasteiger partial charge on any atom is 0.195 e. The third-order valence-corrected chi connectivity index (χ3v) is 3.51. The second kappa shape index (κ2) is 4.45. The number of nitrogens with one attached hydrogen (secondary N) is 1. The molecule has 17 heavy (non-hydrogen) atoms. The summed E-state index contributed by atoms with van der Waals surface area (Å²) in [5.41, 5.74) is 1.34. The number of aromatic nitrogens is 3. The highest BCUT2D eigenvalue weighted by atomic mass is 32.1. The summed E-state index contributed by atoms with van der Waals surface area (Å²) >= 11 is 5.28. The molecule has 0 bridgehead atoms. The van der Waals surface area contributed by atoms with E-state index in [2.05, 4.69) is 39.0 Å². The fraction of sp³-hybridized carbons (Fsp3) is 0.385. The molecular formula is C13H15N3S. The van der Waals surface area contributed by atoms with E-state index in [1.807, 2.05) is 6.07 Å². The molecule has 0 amide bonds.